The molecule has 3 aromatic carbocycles. The first-order chi connectivity index (χ1) is 22.8. The molecule has 5 aromatic rings. The highest BCUT2D eigenvalue weighted by Crippen LogP contribution is 2.19. The van der Waals surface area contributed by atoms with Gasteiger partial charge >= 0.3 is 5.97 Å². The smallest absolute Gasteiger partial charge is 0.326 e. The van der Waals surface area contributed by atoms with Gasteiger partial charge in [0.15, 0.2) is 0 Å². The lowest BCUT2D eigenvalue weighted by molar-refractivity contribution is -0.142. The van der Waals surface area contributed by atoms with Crippen LogP contribution >= 0.6 is 0 Å². The van der Waals surface area contributed by atoms with Gasteiger partial charge in [-0.05, 0) is 29.2 Å². The Hall–Kier alpha value is -5.75. The number of nitrogens with two attached hydrogens (primary N) is 1. The molecule has 242 valence electrons. The first-order valence-electron chi connectivity index (χ1n) is 15.3. The van der Waals surface area contributed by atoms with Crippen molar-refractivity contribution in [3.8, 4) is 0 Å². The van der Waals surface area contributed by atoms with Crippen molar-refractivity contribution in [2.45, 2.75) is 49.9 Å². The summed E-state index contributed by atoms with van der Waals surface area (Å²) in [4.78, 5) is 63.2. The molecule has 0 bridgehead atoms. The standard InChI is InChI=1S/C35H37N7O5/c36-27(15-22-9-3-1-4-10-22)32(43)40-29(17-24-19-38-28-14-8-7-13-26(24)28)33(44)41-30(18-25-20-37-21-39-25)34(45)42-31(35(46)47)16-23-11-5-2-6-12-23/h1-14,19-21,27,29-31,38H,15-18,36H2,(H,37,39)(H,40,43)(H,41,44)(H,42,45)(H,46,47). The maximum Gasteiger partial charge on any atom is 0.326 e. The number of imidazole rings is 1. The Kier molecular flexibility index (Phi) is 10.8. The molecule has 0 aliphatic carbocycles. The molecule has 8 N–H and O–H groups in total. The topological polar surface area (TPSA) is 195 Å². The zero-order valence-corrected chi connectivity index (χ0v) is 25.6. The van der Waals surface area contributed by atoms with Crippen LogP contribution in [0.2, 0.25) is 0 Å². The Morgan fingerprint density at radius 2 is 1.26 bits per heavy atom. The lowest BCUT2D eigenvalue weighted by atomic mass is 10.0. The molecule has 2 heterocycles. The van der Waals surface area contributed by atoms with Crippen molar-refractivity contribution in [2.75, 3.05) is 0 Å². The predicted molar refractivity (Wildman–Crippen MR) is 176 cm³/mol. The minimum atomic E-state index is -1.25. The number of para-hydroxylation sites is 1. The van der Waals surface area contributed by atoms with Crippen LogP contribution in [0.5, 0.6) is 0 Å². The second kappa shape index (κ2) is 15.5. The van der Waals surface area contributed by atoms with Crippen molar-refractivity contribution in [1.29, 1.82) is 0 Å². The molecule has 3 amide bonds. The van der Waals surface area contributed by atoms with E-state index in [0.717, 1.165) is 27.6 Å². The summed E-state index contributed by atoms with van der Waals surface area (Å²) in [6, 6.07) is 21.3. The van der Waals surface area contributed by atoms with E-state index in [1.54, 1.807) is 30.5 Å². The fraction of sp³-hybridized carbons (Fsp3) is 0.229. The normalized spacial score (nSPS) is 13.6. The van der Waals surface area contributed by atoms with Crippen LogP contribution in [0.3, 0.4) is 0 Å². The second-order valence-electron chi connectivity index (χ2n) is 11.4. The van der Waals surface area contributed by atoms with Crippen molar-refractivity contribution < 1.29 is 24.3 Å². The zero-order valence-electron chi connectivity index (χ0n) is 25.6. The van der Waals surface area contributed by atoms with Gasteiger partial charge in [0.2, 0.25) is 17.7 Å². The van der Waals surface area contributed by atoms with Crippen molar-refractivity contribution in [2.24, 2.45) is 5.73 Å². The number of carboxylic acids is 1. The molecule has 0 aliphatic rings. The molecule has 0 fully saturated rings. The van der Waals surface area contributed by atoms with Gasteiger partial charge in [0.1, 0.15) is 18.1 Å². The van der Waals surface area contributed by atoms with Crippen LogP contribution in [0.4, 0.5) is 0 Å². The zero-order chi connectivity index (χ0) is 33.2. The highest BCUT2D eigenvalue weighted by molar-refractivity contribution is 5.95. The van der Waals surface area contributed by atoms with Crippen molar-refractivity contribution in [3.05, 3.63) is 126 Å². The van der Waals surface area contributed by atoms with E-state index >= 15 is 0 Å². The number of hydrogen-bond acceptors (Lipinski definition) is 6. The Balaban J connectivity index is 1.37. The quantitative estimate of drug-likeness (QED) is 0.0914. The number of aromatic amines is 2. The number of hydrogen-bond donors (Lipinski definition) is 7. The maximum atomic E-state index is 14.0. The number of carbonyl (C=O) groups is 4. The van der Waals surface area contributed by atoms with Crippen LogP contribution in [0, 0.1) is 0 Å². The number of aromatic nitrogens is 3. The lowest BCUT2D eigenvalue weighted by Crippen LogP contribution is -2.58. The van der Waals surface area contributed by atoms with Crippen LogP contribution < -0.4 is 21.7 Å². The Morgan fingerprint density at radius 1 is 0.681 bits per heavy atom. The summed E-state index contributed by atoms with van der Waals surface area (Å²) >= 11 is 0. The lowest BCUT2D eigenvalue weighted by Gasteiger charge is -2.25. The van der Waals surface area contributed by atoms with E-state index in [0.29, 0.717) is 5.69 Å². The summed E-state index contributed by atoms with van der Waals surface area (Å²) in [6.45, 7) is 0. The van der Waals surface area contributed by atoms with E-state index in [2.05, 4.69) is 30.9 Å². The minimum absolute atomic E-state index is 0.00345. The number of H-pyrrole nitrogens is 2. The number of nitrogens with zero attached hydrogens (tertiary/aromatic N) is 1. The molecule has 0 radical (unpaired) electrons. The van der Waals surface area contributed by atoms with Crippen LogP contribution in [0.1, 0.15) is 22.4 Å². The van der Waals surface area contributed by atoms with E-state index in [9.17, 15) is 24.3 Å². The molecule has 4 unspecified atom stereocenters. The number of amides is 3. The molecule has 4 atom stereocenters. The van der Waals surface area contributed by atoms with E-state index in [-0.39, 0.29) is 25.7 Å². The van der Waals surface area contributed by atoms with Crippen molar-refractivity contribution in [1.82, 2.24) is 30.9 Å². The van der Waals surface area contributed by atoms with Gasteiger partial charge in [0.25, 0.3) is 0 Å². The number of benzene rings is 3. The molecule has 5 rings (SSSR count). The number of carbonyl (C=O) groups excluding carboxylic acids is 3. The highest BCUT2D eigenvalue weighted by Gasteiger charge is 2.31. The molecule has 2 aromatic heterocycles. The molecular formula is C35H37N7O5. The van der Waals surface area contributed by atoms with Gasteiger partial charge in [-0.15, -0.1) is 0 Å². The van der Waals surface area contributed by atoms with Gasteiger partial charge in [0, 0.05) is 48.3 Å². The molecule has 0 spiro atoms. The second-order valence-corrected chi connectivity index (χ2v) is 11.4. The van der Waals surface area contributed by atoms with Crippen molar-refractivity contribution >= 4 is 34.6 Å². The maximum absolute atomic E-state index is 14.0. The minimum Gasteiger partial charge on any atom is -0.480 e. The first-order valence-corrected chi connectivity index (χ1v) is 15.3. The van der Waals surface area contributed by atoms with Crippen molar-refractivity contribution in [3.63, 3.8) is 0 Å². The average molecular weight is 636 g/mol. The van der Waals surface area contributed by atoms with E-state index in [4.69, 9.17) is 5.73 Å². The number of nitrogens with one attached hydrogen (secondary N) is 5. The summed E-state index contributed by atoms with van der Waals surface area (Å²) in [7, 11) is 0. The molecule has 0 aliphatic heterocycles. The highest BCUT2D eigenvalue weighted by atomic mass is 16.4. The van der Waals surface area contributed by atoms with Crippen LogP contribution in [-0.4, -0.2) is 67.9 Å². The third-order valence-electron chi connectivity index (χ3n) is 7.88. The summed E-state index contributed by atoms with van der Waals surface area (Å²) in [5.41, 5.74) is 10.0. The number of aliphatic carboxylic acids is 1. The number of rotatable bonds is 15. The SMILES string of the molecule is NC(Cc1ccccc1)C(=O)NC(Cc1c[nH]c2ccccc12)C(=O)NC(Cc1cnc[nH]1)C(=O)NC(Cc1ccccc1)C(=O)O. The molecule has 0 saturated carbocycles. The van der Waals surface area contributed by atoms with Gasteiger partial charge in [-0.2, -0.15) is 0 Å². The first kappa shape index (κ1) is 32.6. The monoisotopic (exact) mass is 635 g/mol. The van der Waals surface area contributed by atoms with E-state index in [1.807, 2.05) is 60.7 Å². The molecule has 0 saturated heterocycles. The van der Waals surface area contributed by atoms with Gasteiger partial charge < -0.3 is 36.8 Å². The van der Waals surface area contributed by atoms with Gasteiger partial charge in [-0.1, -0.05) is 78.9 Å². The molecule has 12 nitrogen and oxygen atoms in total. The Labute approximate surface area is 271 Å². The van der Waals surface area contributed by atoms with Gasteiger partial charge in [-0.3, -0.25) is 14.4 Å². The average Bonchev–Trinajstić information content (AvgIpc) is 3.74. The summed E-state index contributed by atoms with van der Waals surface area (Å²) in [5.74, 6) is -3.08. The number of carboxylic acid groups (broad SMARTS) is 1. The number of fused-ring (bicyclic) bond motifs is 1. The fourth-order valence-corrected chi connectivity index (χ4v) is 5.39. The van der Waals surface area contributed by atoms with Crippen LogP contribution in [-0.2, 0) is 44.9 Å². The molecule has 47 heavy (non-hydrogen) atoms. The summed E-state index contributed by atoms with van der Waals surface area (Å²) in [6.07, 6.45) is 5.13. The molecular weight excluding hydrogens is 598 g/mol. The van der Waals surface area contributed by atoms with E-state index in [1.165, 1.54) is 12.5 Å². The van der Waals surface area contributed by atoms with Gasteiger partial charge in [-0.25, -0.2) is 9.78 Å². The third kappa shape index (κ3) is 8.92. The Bertz CT molecular complexity index is 1790. The van der Waals surface area contributed by atoms with Crippen LogP contribution in [0.15, 0.2) is 104 Å². The third-order valence-corrected chi connectivity index (χ3v) is 7.88. The van der Waals surface area contributed by atoms with E-state index < -0.39 is 47.9 Å². The molecule has 12 heteroatoms. The van der Waals surface area contributed by atoms with Gasteiger partial charge in [0.05, 0.1) is 12.4 Å². The summed E-state index contributed by atoms with van der Waals surface area (Å²) < 4.78 is 0. The fourth-order valence-electron chi connectivity index (χ4n) is 5.39. The van der Waals surface area contributed by atoms with Crippen LogP contribution in [0.25, 0.3) is 10.9 Å². The largest absolute Gasteiger partial charge is 0.480 e. The summed E-state index contributed by atoms with van der Waals surface area (Å²) in [5, 5.41) is 18.9. The predicted octanol–water partition coefficient (Wildman–Crippen LogP) is 2.03. The Morgan fingerprint density at radius 3 is 1.89 bits per heavy atom.